The zero-order valence-electron chi connectivity index (χ0n) is 13.2. The van der Waals surface area contributed by atoms with E-state index in [-0.39, 0.29) is 10.8 Å². The Bertz CT molecular complexity index is 796. The van der Waals surface area contributed by atoms with Crippen molar-refractivity contribution in [1.82, 2.24) is 0 Å². The van der Waals surface area contributed by atoms with Crippen molar-refractivity contribution in [3.8, 4) is 5.75 Å². The lowest BCUT2D eigenvalue weighted by Crippen LogP contribution is -2.15. The van der Waals surface area contributed by atoms with E-state index in [4.69, 9.17) is 4.74 Å². The van der Waals surface area contributed by atoms with E-state index in [0.29, 0.717) is 17.0 Å². The lowest BCUT2D eigenvalue weighted by molar-refractivity contribution is 0.102. The first-order valence-corrected chi connectivity index (χ1v) is 8.68. The fourth-order valence-corrected chi connectivity index (χ4v) is 3.03. The Morgan fingerprint density at radius 1 is 1.09 bits per heavy atom. The number of sulfone groups is 1. The number of hydrogen-bond donors (Lipinski definition) is 1. The van der Waals surface area contributed by atoms with Crippen molar-refractivity contribution in [3.05, 3.63) is 54.1 Å². The van der Waals surface area contributed by atoms with Crippen LogP contribution in [0, 0.1) is 0 Å². The Kier molecular flexibility index (Phi) is 5.05. The maximum absolute atomic E-state index is 12.2. The van der Waals surface area contributed by atoms with E-state index < -0.39 is 15.1 Å². The summed E-state index contributed by atoms with van der Waals surface area (Å²) in [5.41, 5.74) is 0.990. The van der Waals surface area contributed by atoms with Crippen LogP contribution in [-0.4, -0.2) is 26.7 Å². The Morgan fingerprint density at radius 2 is 1.74 bits per heavy atom. The summed E-state index contributed by atoms with van der Waals surface area (Å²) in [6.45, 7) is 3.25. The van der Waals surface area contributed by atoms with Crippen molar-refractivity contribution in [2.24, 2.45) is 0 Å². The molecule has 0 aliphatic heterocycles. The molecule has 1 amide bonds. The second-order valence-electron chi connectivity index (χ2n) is 5.30. The Labute approximate surface area is 136 Å². The summed E-state index contributed by atoms with van der Waals surface area (Å²) in [6, 6.07) is 12.9. The van der Waals surface area contributed by atoms with Gasteiger partial charge in [0.1, 0.15) is 5.75 Å². The number of rotatable bonds is 5. The predicted molar refractivity (Wildman–Crippen MR) is 89.7 cm³/mol. The zero-order valence-corrected chi connectivity index (χ0v) is 14.1. The van der Waals surface area contributed by atoms with Crippen LogP contribution < -0.4 is 10.1 Å². The Hall–Kier alpha value is -2.34. The highest BCUT2D eigenvalue weighted by atomic mass is 32.2. The summed E-state index contributed by atoms with van der Waals surface area (Å²) in [6.07, 6.45) is 0. The summed E-state index contributed by atoms with van der Waals surface area (Å²) in [5, 5.41) is 2.24. The number of carbonyl (C=O) groups is 1. The Balaban J connectivity index is 2.17. The maximum atomic E-state index is 12.2. The molecule has 0 unspecified atom stereocenters. The molecule has 0 saturated carbocycles. The van der Waals surface area contributed by atoms with E-state index in [1.54, 1.807) is 45.2 Å². The molecule has 2 rings (SSSR count). The molecule has 2 aromatic rings. The van der Waals surface area contributed by atoms with Gasteiger partial charge in [-0.1, -0.05) is 6.07 Å². The van der Waals surface area contributed by atoms with Gasteiger partial charge in [-0.15, -0.1) is 0 Å². The van der Waals surface area contributed by atoms with Gasteiger partial charge >= 0.3 is 0 Å². The fraction of sp³-hybridized carbons (Fsp3) is 0.235. The van der Waals surface area contributed by atoms with E-state index in [1.807, 2.05) is 0 Å². The topological polar surface area (TPSA) is 72.5 Å². The van der Waals surface area contributed by atoms with Crippen LogP contribution in [0.15, 0.2) is 53.4 Å². The van der Waals surface area contributed by atoms with Gasteiger partial charge in [-0.05, 0) is 50.2 Å². The average Bonchev–Trinajstić information content (AvgIpc) is 2.55. The van der Waals surface area contributed by atoms with Gasteiger partial charge in [0.2, 0.25) is 0 Å². The van der Waals surface area contributed by atoms with Crippen LogP contribution in [0.25, 0.3) is 0 Å². The molecule has 0 saturated heterocycles. The molecule has 0 heterocycles. The minimum atomic E-state index is -3.34. The monoisotopic (exact) mass is 333 g/mol. The molecule has 0 fully saturated rings. The number of nitrogens with one attached hydrogen (secondary N) is 1. The van der Waals surface area contributed by atoms with Gasteiger partial charge in [-0.2, -0.15) is 0 Å². The number of carbonyl (C=O) groups excluding carboxylic acids is 1. The number of hydrogen-bond acceptors (Lipinski definition) is 4. The van der Waals surface area contributed by atoms with E-state index in [9.17, 15) is 13.2 Å². The summed E-state index contributed by atoms with van der Waals surface area (Å²) in [5.74, 6) is 0.327. The molecule has 2 aromatic carbocycles. The standard InChI is InChI=1S/C17H19NO4S/c1-12(2)23(20,21)16-9-7-13(8-10-16)17(19)18-14-5-4-6-15(11-14)22-3/h4-12H,1-3H3,(H,18,19). The lowest BCUT2D eigenvalue weighted by Gasteiger charge is -2.09. The first kappa shape index (κ1) is 17.0. The normalized spacial score (nSPS) is 11.3. The van der Waals surface area contributed by atoms with Gasteiger partial charge in [0.25, 0.3) is 5.91 Å². The molecule has 0 aliphatic carbocycles. The third kappa shape index (κ3) is 3.90. The van der Waals surface area contributed by atoms with Crippen molar-refractivity contribution < 1.29 is 17.9 Å². The second-order valence-corrected chi connectivity index (χ2v) is 7.81. The molecule has 1 N–H and O–H groups in total. The molecule has 0 aromatic heterocycles. The first-order chi connectivity index (χ1) is 10.8. The van der Waals surface area contributed by atoms with Crippen LogP contribution in [-0.2, 0) is 9.84 Å². The zero-order chi connectivity index (χ0) is 17.0. The summed E-state index contributed by atoms with van der Waals surface area (Å²) >= 11 is 0. The van der Waals surface area contributed by atoms with Gasteiger partial charge in [-0.25, -0.2) is 8.42 Å². The van der Waals surface area contributed by atoms with Crippen molar-refractivity contribution >= 4 is 21.4 Å². The van der Waals surface area contributed by atoms with Gasteiger partial charge in [-0.3, -0.25) is 4.79 Å². The quantitative estimate of drug-likeness (QED) is 0.912. The molecule has 6 heteroatoms. The number of ether oxygens (including phenoxy) is 1. The largest absolute Gasteiger partial charge is 0.497 e. The number of benzene rings is 2. The number of anilines is 1. The van der Waals surface area contributed by atoms with E-state index >= 15 is 0 Å². The van der Waals surface area contributed by atoms with Crippen molar-refractivity contribution in [2.75, 3.05) is 12.4 Å². The van der Waals surface area contributed by atoms with Crippen LogP contribution in [0.1, 0.15) is 24.2 Å². The molecular weight excluding hydrogens is 314 g/mol. The molecule has 0 spiro atoms. The smallest absolute Gasteiger partial charge is 0.255 e. The third-order valence-corrected chi connectivity index (χ3v) is 5.56. The summed E-state index contributed by atoms with van der Waals surface area (Å²) in [7, 11) is -1.79. The molecule has 23 heavy (non-hydrogen) atoms. The van der Waals surface area contributed by atoms with Crippen molar-refractivity contribution in [3.63, 3.8) is 0 Å². The second kappa shape index (κ2) is 6.83. The van der Waals surface area contributed by atoms with E-state index in [1.165, 1.54) is 24.3 Å². The van der Waals surface area contributed by atoms with Crippen LogP contribution in [0.5, 0.6) is 5.75 Å². The maximum Gasteiger partial charge on any atom is 0.255 e. The number of amides is 1. The van der Waals surface area contributed by atoms with Gasteiger partial charge < -0.3 is 10.1 Å². The molecule has 5 nitrogen and oxygen atoms in total. The molecule has 0 atom stereocenters. The molecule has 0 aliphatic rings. The van der Waals surface area contributed by atoms with Gasteiger partial charge in [0.05, 0.1) is 17.3 Å². The fourth-order valence-electron chi connectivity index (χ4n) is 1.97. The average molecular weight is 333 g/mol. The minimum Gasteiger partial charge on any atom is -0.497 e. The molecule has 122 valence electrons. The minimum absolute atomic E-state index is 0.213. The predicted octanol–water partition coefficient (Wildman–Crippen LogP) is 3.13. The highest BCUT2D eigenvalue weighted by molar-refractivity contribution is 7.92. The summed E-state index contributed by atoms with van der Waals surface area (Å²) in [4.78, 5) is 12.4. The van der Waals surface area contributed by atoms with E-state index in [0.717, 1.165) is 0 Å². The lowest BCUT2D eigenvalue weighted by atomic mass is 10.2. The van der Waals surface area contributed by atoms with Crippen molar-refractivity contribution in [1.29, 1.82) is 0 Å². The molecular formula is C17H19NO4S. The van der Waals surface area contributed by atoms with Gasteiger partial charge in [0, 0.05) is 17.3 Å². The molecule has 0 radical (unpaired) electrons. The highest BCUT2D eigenvalue weighted by Crippen LogP contribution is 2.19. The highest BCUT2D eigenvalue weighted by Gasteiger charge is 2.19. The van der Waals surface area contributed by atoms with Crippen LogP contribution in [0.2, 0.25) is 0 Å². The SMILES string of the molecule is COc1cccc(NC(=O)c2ccc(S(=O)(=O)C(C)C)cc2)c1. The number of methoxy groups -OCH3 is 1. The van der Waals surface area contributed by atoms with Crippen LogP contribution >= 0.6 is 0 Å². The third-order valence-electron chi connectivity index (χ3n) is 3.39. The first-order valence-electron chi connectivity index (χ1n) is 7.14. The van der Waals surface area contributed by atoms with Gasteiger partial charge in [0.15, 0.2) is 9.84 Å². The van der Waals surface area contributed by atoms with Crippen LogP contribution in [0.4, 0.5) is 5.69 Å². The Morgan fingerprint density at radius 3 is 2.30 bits per heavy atom. The van der Waals surface area contributed by atoms with E-state index in [2.05, 4.69) is 5.32 Å². The van der Waals surface area contributed by atoms with Crippen LogP contribution in [0.3, 0.4) is 0 Å². The summed E-state index contributed by atoms with van der Waals surface area (Å²) < 4.78 is 29.2. The molecule has 0 bridgehead atoms. The van der Waals surface area contributed by atoms with Crippen molar-refractivity contribution in [2.45, 2.75) is 24.0 Å².